The topological polar surface area (TPSA) is 38.7 Å². The Morgan fingerprint density at radius 3 is 2.57 bits per heavy atom. The van der Waals surface area contributed by atoms with Crippen molar-refractivity contribution in [3.05, 3.63) is 35.4 Å². The maximum absolute atomic E-state index is 12.2. The molecule has 0 aromatic heterocycles. The van der Waals surface area contributed by atoms with Crippen molar-refractivity contribution < 1.29 is 9.63 Å². The van der Waals surface area contributed by atoms with Crippen LogP contribution in [0.3, 0.4) is 0 Å². The summed E-state index contributed by atoms with van der Waals surface area (Å²) in [4.78, 5) is 17.4. The lowest BCUT2D eigenvalue weighted by molar-refractivity contribution is 0.0507. The zero-order valence-corrected chi connectivity index (χ0v) is 13.3. The van der Waals surface area contributed by atoms with Gasteiger partial charge in [0.25, 0.3) is 0 Å². The fourth-order valence-electron chi connectivity index (χ4n) is 4.01. The molecule has 21 heavy (non-hydrogen) atoms. The number of aryl methyl sites for hydroxylation is 1. The monoisotopic (exact) mass is 285 g/mol. The van der Waals surface area contributed by atoms with E-state index in [4.69, 9.17) is 4.84 Å². The fraction of sp³-hybridized carbons (Fsp3) is 0.556. The number of fused-ring (bicyclic) bond motifs is 2. The minimum absolute atomic E-state index is 0.0731. The number of hydrogen-bond donors (Lipinski definition) is 0. The van der Waals surface area contributed by atoms with E-state index in [9.17, 15) is 4.79 Å². The van der Waals surface area contributed by atoms with Crippen LogP contribution in [0.5, 0.6) is 0 Å². The van der Waals surface area contributed by atoms with Crippen molar-refractivity contribution in [1.82, 2.24) is 0 Å². The van der Waals surface area contributed by atoms with Crippen LogP contribution in [0.25, 0.3) is 0 Å². The number of benzene rings is 1. The molecule has 0 heterocycles. The Kier molecular flexibility index (Phi) is 3.19. The molecule has 0 N–H and O–H groups in total. The van der Waals surface area contributed by atoms with E-state index in [2.05, 4.69) is 25.9 Å². The summed E-state index contributed by atoms with van der Waals surface area (Å²) in [5.74, 6) is 0.309. The van der Waals surface area contributed by atoms with Gasteiger partial charge in [0.1, 0.15) is 0 Å². The van der Waals surface area contributed by atoms with Gasteiger partial charge >= 0.3 is 5.97 Å². The van der Waals surface area contributed by atoms with E-state index in [1.807, 2.05) is 25.1 Å². The second-order valence-corrected chi connectivity index (χ2v) is 7.23. The molecular weight excluding hydrogens is 262 g/mol. The van der Waals surface area contributed by atoms with Crippen molar-refractivity contribution in [2.24, 2.45) is 21.9 Å². The molecule has 0 aliphatic heterocycles. The van der Waals surface area contributed by atoms with Crippen LogP contribution in [0.4, 0.5) is 0 Å². The van der Waals surface area contributed by atoms with Crippen LogP contribution in [0, 0.1) is 23.7 Å². The van der Waals surface area contributed by atoms with Gasteiger partial charge in [-0.15, -0.1) is 0 Å². The summed E-state index contributed by atoms with van der Waals surface area (Å²) in [5.41, 5.74) is 2.90. The lowest BCUT2D eigenvalue weighted by Gasteiger charge is -2.34. The minimum atomic E-state index is -0.357. The molecule has 0 unspecified atom stereocenters. The van der Waals surface area contributed by atoms with Gasteiger partial charge in [-0.3, -0.25) is 0 Å². The third kappa shape index (κ3) is 2.02. The lowest BCUT2D eigenvalue weighted by atomic mass is 9.70. The molecule has 0 spiro atoms. The van der Waals surface area contributed by atoms with Crippen LogP contribution in [-0.2, 0) is 4.84 Å². The Bertz CT molecular complexity index is 617. The molecular formula is C18H23NO2. The van der Waals surface area contributed by atoms with Gasteiger partial charge in [0, 0.05) is 5.41 Å². The molecule has 1 aromatic rings. The van der Waals surface area contributed by atoms with E-state index in [1.165, 1.54) is 6.42 Å². The zero-order valence-electron chi connectivity index (χ0n) is 13.3. The molecule has 2 saturated carbocycles. The third-order valence-corrected chi connectivity index (χ3v) is 6.12. The summed E-state index contributed by atoms with van der Waals surface area (Å²) < 4.78 is 0. The van der Waals surface area contributed by atoms with Gasteiger partial charge in [0.05, 0.1) is 11.3 Å². The molecule has 2 fully saturated rings. The smallest absolute Gasteiger partial charge is 0.313 e. The summed E-state index contributed by atoms with van der Waals surface area (Å²) in [6, 6.07) is 7.45. The number of carbonyl (C=O) groups excluding carboxylic acids is 1. The van der Waals surface area contributed by atoms with Gasteiger partial charge in [-0.2, -0.15) is 0 Å². The largest absolute Gasteiger partial charge is 0.365 e. The lowest BCUT2D eigenvalue weighted by Crippen LogP contribution is -2.32. The van der Waals surface area contributed by atoms with Crippen LogP contribution >= 0.6 is 0 Å². The highest BCUT2D eigenvalue weighted by Crippen LogP contribution is 2.63. The van der Waals surface area contributed by atoms with Crippen molar-refractivity contribution in [3.8, 4) is 0 Å². The SMILES string of the molecule is Cc1ccccc1C(=O)O/N=C1/C[C@@H]2CC[C@]1(C)C2(C)C. The van der Waals surface area contributed by atoms with Gasteiger partial charge in [-0.25, -0.2) is 4.79 Å². The van der Waals surface area contributed by atoms with Crippen LogP contribution in [0.2, 0.25) is 0 Å². The van der Waals surface area contributed by atoms with Crippen molar-refractivity contribution in [1.29, 1.82) is 0 Å². The molecule has 2 atom stereocenters. The summed E-state index contributed by atoms with van der Waals surface area (Å²) in [6.45, 7) is 8.80. The molecule has 1 aromatic carbocycles. The van der Waals surface area contributed by atoms with Gasteiger partial charge in [-0.05, 0) is 49.1 Å². The molecule has 2 aliphatic carbocycles. The van der Waals surface area contributed by atoms with Crippen LogP contribution in [0.1, 0.15) is 56.0 Å². The van der Waals surface area contributed by atoms with Gasteiger partial charge in [0.15, 0.2) is 0 Å². The Morgan fingerprint density at radius 1 is 1.29 bits per heavy atom. The van der Waals surface area contributed by atoms with Crippen molar-refractivity contribution in [3.63, 3.8) is 0 Å². The number of oxime groups is 1. The maximum atomic E-state index is 12.2. The average Bonchev–Trinajstić information content (AvgIpc) is 2.78. The zero-order chi connectivity index (χ0) is 15.3. The van der Waals surface area contributed by atoms with E-state index >= 15 is 0 Å². The molecule has 0 saturated heterocycles. The first kappa shape index (κ1) is 14.3. The molecule has 0 amide bonds. The number of hydrogen-bond acceptors (Lipinski definition) is 3. The normalized spacial score (nSPS) is 31.6. The highest BCUT2D eigenvalue weighted by Gasteiger charge is 2.60. The predicted molar refractivity (Wildman–Crippen MR) is 83.3 cm³/mol. The first-order valence-electron chi connectivity index (χ1n) is 7.70. The fourth-order valence-corrected chi connectivity index (χ4v) is 4.01. The molecule has 2 bridgehead atoms. The van der Waals surface area contributed by atoms with E-state index in [-0.39, 0.29) is 16.8 Å². The highest BCUT2D eigenvalue weighted by molar-refractivity contribution is 5.96. The molecule has 112 valence electrons. The van der Waals surface area contributed by atoms with E-state index < -0.39 is 0 Å². The van der Waals surface area contributed by atoms with Crippen LogP contribution in [0.15, 0.2) is 29.4 Å². The highest BCUT2D eigenvalue weighted by atomic mass is 16.7. The van der Waals surface area contributed by atoms with Crippen LogP contribution < -0.4 is 0 Å². The predicted octanol–water partition coefficient (Wildman–Crippen LogP) is 4.35. The summed E-state index contributed by atoms with van der Waals surface area (Å²) in [5, 5.41) is 4.26. The first-order chi connectivity index (χ1) is 9.86. The van der Waals surface area contributed by atoms with Crippen molar-refractivity contribution >= 4 is 11.7 Å². The van der Waals surface area contributed by atoms with Crippen molar-refractivity contribution in [2.75, 3.05) is 0 Å². The maximum Gasteiger partial charge on any atom is 0.365 e. The van der Waals surface area contributed by atoms with Gasteiger partial charge < -0.3 is 4.84 Å². The average molecular weight is 285 g/mol. The van der Waals surface area contributed by atoms with Crippen molar-refractivity contribution in [2.45, 2.75) is 47.0 Å². The Morgan fingerprint density at radius 2 is 2.00 bits per heavy atom. The van der Waals surface area contributed by atoms with Gasteiger partial charge in [-0.1, -0.05) is 44.1 Å². The molecule has 0 radical (unpaired) electrons. The third-order valence-electron chi connectivity index (χ3n) is 6.12. The summed E-state index contributed by atoms with van der Waals surface area (Å²) in [6.07, 6.45) is 3.37. The number of rotatable bonds is 2. The standard InChI is InChI=1S/C18H23NO2/c1-12-7-5-6-8-14(12)16(20)21-19-15-11-13-9-10-18(15,4)17(13,2)3/h5-8,13H,9-11H2,1-4H3/b19-15-/t13-,18-/m0/s1. The first-order valence-corrected chi connectivity index (χ1v) is 7.70. The summed E-state index contributed by atoms with van der Waals surface area (Å²) >= 11 is 0. The minimum Gasteiger partial charge on any atom is -0.313 e. The molecule has 2 aliphatic rings. The molecule has 3 rings (SSSR count). The van der Waals surface area contributed by atoms with Crippen LogP contribution in [-0.4, -0.2) is 11.7 Å². The van der Waals surface area contributed by atoms with Gasteiger partial charge in [0.2, 0.25) is 0 Å². The Labute approximate surface area is 126 Å². The quantitative estimate of drug-likeness (QED) is 0.598. The second kappa shape index (κ2) is 4.69. The van der Waals surface area contributed by atoms with E-state index in [0.29, 0.717) is 11.5 Å². The Balaban J connectivity index is 1.79. The molecule has 3 heteroatoms. The van der Waals surface area contributed by atoms with E-state index in [0.717, 1.165) is 24.1 Å². The van der Waals surface area contributed by atoms with E-state index in [1.54, 1.807) is 6.07 Å². The number of nitrogens with zero attached hydrogens (tertiary/aromatic N) is 1. The Hall–Kier alpha value is -1.64. The second-order valence-electron chi connectivity index (χ2n) is 7.23. The molecule has 3 nitrogen and oxygen atoms in total. The summed E-state index contributed by atoms with van der Waals surface area (Å²) in [7, 11) is 0. The number of carbonyl (C=O) groups is 1.